The second-order valence-electron chi connectivity index (χ2n) is 4.33. The number of para-hydroxylation sites is 2. The lowest BCUT2D eigenvalue weighted by molar-refractivity contribution is -0.116. The van der Waals surface area contributed by atoms with Gasteiger partial charge in [-0.3, -0.25) is 9.36 Å². The van der Waals surface area contributed by atoms with Gasteiger partial charge in [0.2, 0.25) is 5.91 Å². The standard InChI is InChI=1S/C14H16N4O2/c15-11-5-1-2-6-12(11)17-13(19)7-3-9-18-10-4-8-16-14(18)20/h1-2,4-6,8,10H,3,7,9,15H2,(H,17,19). The summed E-state index contributed by atoms with van der Waals surface area (Å²) >= 11 is 0. The summed E-state index contributed by atoms with van der Waals surface area (Å²) in [4.78, 5) is 26.8. The van der Waals surface area contributed by atoms with Gasteiger partial charge in [0.1, 0.15) is 0 Å². The van der Waals surface area contributed by atoms with Crippen LogP contribution in [0.1, 0.15) is 12.8 Å². The number of aryl methyl sites for hydroxylation is 1. The van der Waals surface area contributed by atoms with E-state index in [4.69, 9.17) is 5.73 Å². The van der Waals surface area contributed by atoms with E-state index in [1.54, 1.807) is 36.5 Å². The summed E-state index contributed by atoms with van der Waals surface area (Å²) in [5.74, 6) is -0.125. The number of carbonyl (C=O) groups excluding carboxylic acids is 1. The molecule has 6 nitrogen and oxygen atoms in total. The maximum Gasteiger partial charge on any atom is 0.347 e. The number of rotatable bonds is 5. The largest absolute Gasteiger partial charge is 0.397 e. The summed E-state index contributed by atoms with van der Waals surface area (Å²) in [5, 5.41) is 2.74. The number of hydrogen-bond donors (Lipinski definition) is 2. The predicted octanol–water partition coefficient (Wildman–Crippen LogP) is 1.24. The van der Waals surface area contributed by atoms with Crippen LogP contribution in [0.25, 0.3) is 0 Å². The van der Waals surface area contributed by atoms with E-state index in [0.29, 0.717) is 30.8 Å². The normalized spacial score (nSPS) is 10.2. The maximum absolute atomic E-state index is 11.8. The van der Waals surface area contributed by atoms with Crippen molar-refractivity contribution in [2.45, 2.75) is 19.4 Å². The first kappa shape index (κ1) is 13.8. The fraction of sp³-hybridized carbons (Fsp3) is 0.214. The Bertz CT molecular complexity index is 651. The number of nitrogen functional groups attached to an aromatic ring is 1. The lowest BCUT2D eigenvalue weighted by Crippen LogP contribution is -2.22. The average Bonchev–Trinajstić information content (AvgIpc) is 2.43. The van der Waals surface area contributed by atoms with Crippen LogP contribution < -0.4 is 16.7 Å². The summed E-state index contributed by atoms with van der Waals surface area (Å²) in [5.41, 5.74) is 6.57. The minimum Gasteiger partial charge on any atom is -0.397 e. The van der Waals surface area contributed by atoms with Gasteiger partial charge in [-0.2, -0.15) is 0 Å². The molecule has 0 aliphatic rings. The number of benzene rings is 1. The fourth-order valence-corrected chi connectivity index (χ4v) is 1.79. The molecule has 1 amide bonds. The Morgan fingerprint density at radius 2 is 2.10 bits per heavy atom. The zero-order chi connectivity index (χ0) is 14.4. The Balaban J connectivity index is 1.83. The number of nitrogens with two attached hydrogens (primary N) is 1. The first-order valence-corrected chi connectivity index (χ1v) is 6.32. The van der Waals surface area contributed by atoms with E-state index in [9.17, 15) is 9.59 Å². The number of aromatic nitrogens is 2. The van der Waals surface area contributed by atoms with Crippen LogP contribution in [0.4, 0.5) is 11.4 Å². The fourth-order valence-electron chi connectivity index (χ4n) is 1.79. The summed E-state index contributed by atoms with van der Waals surface area (Å²) in [6, 6.07) is 8.77. The smallest absolute Gasteiger partial charge is 0.347 e. The number of amides is 1. The minimum absolute atomic E-state index is 0.125. The maximum atomic E-state index is 11.8. The summed E-state index contributed by atoms with van der Waals surface area (Å²) in [6.45, 7) is 0.463. The summed E-state index contributed by atoms with van der Waals surface area (Å²) in [6.07, 6.45) is 3.98. The third kappa shape index (κ3) is 3.68. The predicted molar refractivity (Wildman–Crippen MR) is 77.2 cm³/mol. The highest BCUT2D eigenvalue weighted by Crippen LogP contribution is 2.16. The van der Waals surface area contributed by atoms with Crippen LogP contribution in [0.3, 0.4) is 0 Å². The zero-order valence-corrected chi connectivity index (χ0v) is 11.0. The van der Waals surface area contributed by atoms with Crippen LogP contribution in [0.5, 0.6) is 0 Å². The minimum atomic E-state index is -0.305. The van der Waals surface area contributed by atoms with Gasteiger partial charge in [0.25, 0.3) is 0 Å². The third-order valence-electron chi connectivity index (χ3n) is 2.82. The molecule has 6 heteroatoms. The Morgan fingerprint density at radius 1 is 1.30 bits per heavy atom. The third-order valence-corrected chi connectivity index (χ3v) is 2.82. The first-order chi connectivity index (χ1) is 9.66. The SMILES string of the molecule is Nc1ccccc1NC(=O)CCCn1cccnc1=O. The Kier molecular flexibility index (Phi) is 4.49. The van der Waals surface area contributed by atoms with Crippen molar-refractivity contribution in [3.8, 4) is 0 Å². The van der Waals surface area contributed by atoms with Gasteiger partial charge < -0.3 is 11.1 Å². The van der Waals surface area contributed by atoms with Gasteiger partial charge in [0.15, 0.2) is 0 Å². The monoisotopic (exact) mass is 272 g/mol. The molecule has 0 atom stereocenters. The number of nitrogens with one attached hydrogen (secondary N) is 1. The quantitative estimate of drug-likeness (QED) is 0.801. The Hall–Kier alpha value is -2.63. The van der Waals surface area contributed by atoms with Crippen molar-refractivity contribution in [2.24, 2.45) is 0 Å². The van der Waals surface area contributed by atoms with Crippen molar-refractivity contribution in [1.82, 2.24) is 9.55 Å². The average molecular weight is 272 g/mol. The molecule has 0 aliphatic carbocycles. The first-order valence-electron chi connectivity index (χ1n) is 6.32. The van der Waals surface area contributed by atoms with E-state index in [1.165, 1.54) is 10.8 Å². The Morgan fingerprint density at radius 3 is 2.85 bits per heavy atom. The molecule has 0 spiro atoms. The second kappa shape index (κ2) is 6.51. The lowest BCUT2D eigenvalue weighted by Gasteiger charge is -2.08. The summed E-state index contributed by atoms with van der Waals surface area (Å²) in [7, 11) is 0. The van der Waals surface area contributed by atoms with Crippen LogP contribution >= 0.6 is 0 Å². The van der Waals surface area contributed by atoms with E-state index >= 15 is 0 Å². The van der Waals surface area contributed by atoms with Crippen LogP contribution in [0.2, 0.25) is 0 Å². The van der Waals surface area contributed by atoms with E-state index in [-0.39, 0.29) is 11.6 Å². The summed E-state index contributed by atoms with van der Waals surface area (Å²) < 4.78 is 1.48. The molecule has 2 rings (SSSR count). The number of nitrogens with zero attached hydrogens (tertiary/aromatic N) is 2. The lowest BCUT2D eigenvalue weighted by atomic mass is 10.2. The van der Waals surface area contributed by atoms with Crippen molar-refractivity contribution in [2.75, 3.05) is 11.1 Å². The number of hydrogen-bond acceptors (Lipinski definition) is 4. The van der Waals surface area contributed by atoms with Gasteiger partial charge >= 0.3 is 5.69 Å². The van der Waals surface area contributed by atoms with E-state index in [1.807, 2.05) is 0 Å². The van der Waals surface area contributed by atoms with Crippen LogP contribution in [-0.2, 0) is 11.3 Å². The molecule has 0 bridgehead atoms. The molecule has 3 N–H and O–H groups in total. The highest BCUT2D eigenvalue weighted by Gasteiger charge is 2.05. The molecular weight excluding hydrogens is 256 g/mol. The van der Waals surface area contributed by atoms with E-state index < -0.39 is 0 Å². The van der Waals surface area contributed by atoms with Crippen molar-refractivity contribution in [3.05, 3.63) is 53.2 Å². The molecule has 0 fully saturated rings. The van der Waals surface area contributed by atoms with Gasteiger partial charge in [-0.05, 0) is 24.6 Å². The molecule has 0 unspecified atom stereocenters. The van der Waals surface area contributed by atoms with E-state index in [0.717, 1.165) is 0 Å². The zero-order valence-electron chi connectivity index (χ0n) is 11.0. The van der Waals surface area contributed by atoms with Crippen molar-refractivity contribution >= 4 is 17.3 Å². The molecule has 0 radical (unpaired) electrons. The van der Waals surface area contributed by atoms with Crippen molar-refractivity contribution in [3.63, 3.8) is 0 Å². The molecule has 2 aromatic rings. The van der Waals surface area contributed by atoms with Gasteiger partial charge in [-0.25, -0.2) is 9.78 Å². The van der Waals surface area contributed by atoms with Crippen molar-refractivity contribution < 1.29 is 4.79 Å². The second-order valence-corrected chi connectivity index (χ2v) is 4.33. The van der Waals surface area contributed by atoms with Gasteiger partial charge in [0.05, 0.1) is 11.4 Å². The molecule has 0 saturated carbocycles. The Labute approximate surface area is 116 Å². The highest BCUT2D eigenvalue weighted by molar-refractivity contribution is 5.93. The molecule has 0 aliphatic heterocycles. The van der Waals surface area contributed by atoms with Gasteiger partial charge in [-0.1, -0.05) is 12.1 Å². The van der Waals surface area contributed by atoms with Gasteiger partial charge in [-0.15, -0.1) is 0 Å². The number of carbonyl (C=O) groups is 1. The number of anilines is 2. The molecule has 20 heavy (non-hydrogen) atoms. The van der Waals surface area contributed by atoms with Crippen LogP contribution in [0.15, 0.2) is 47.5 Å². The molecule has 1 aromatic heterocycles. The molecular formula is C14H16N4O2. The molecule has 0 saturated heterocycles. The molecule has 104 valence electrons. The van der Waals surface area contributed by atoms with E-state index in [2.05, 4.69) is 10.3 Å². The van der Waals surface area contributed by atoms with Gasteiger partial charge in [0, 0.05) is 25.4 Å². The van der Waals surface area contributed by atoms with Crippen LogP contribution in [-0.4, -0.2) is 15.5 Å². The van der Waals surface area contributed by atoms with Crippen molar-refractivity contribution in [1.29, 1.82) is 0 Å². The van der Waals surface area contributed by atoms with Crippen LogP contribution in [0, 0.1) is 0 Å². The highest BCUT2D eigenvalue weighted by atomic mass is 16.2. The topological polar surface area (TPSA) is 90.0 Å². The molecule has 1 aromatic carbocycles. The molecule has 1 heterocycles.